The topological polar surface area (TPSA) is 51.5 Å². The SMILES string of the molecule is CC(C)=CC1CC(C)(CCO)Oc2c1c(=O)n(C)c1ccccc21. The van der Waals surface area contributed by atoms with E-state index < -0.39 is 5.60 Å². The lowest BCUT2D eigenvalue weighted by Gasteiger charge is -2.39. The van der Waals surface area contributed by atoms with Crippen molar-refractivity contribution in [3.05, 3.63) is 51.8 Å². The number of nitrogens with zero attached hydrogens (tertiary/aromatic N) is 1. The highest BCUT2D eigenvalue weighted by Gasteiger charge is 2.39. The standard InChI is InChI=1S/C20H25NO3/c1-13(2)11-14-12-20(3,9-10-22)24-18-15-7-5-6-8-16(15)21(4)19(23)17(14)18/h5-8,11,14,22H,9-10,12H2,1-4H3. The van der Waals surface area contributed by atoms with Crippen LogP contribution in [0.3, 0.4) is 0 Å². The number of aryl methyl sites for hydroxylation is 1. The molecule has 0 aliphatic carbocycles. The van der Waals surface area contributed by atoms with Gasteiger partial charge in [0.1, 0.15) is 11.4 Å². The number of hydrogen-bond acceptors (Lipinski definition) is 3. The average molecular weight is 327 g/mol. The van der Waals surface area contributed by atoms with Crippen molar-refractivity contribution in [2.75, 3.05) is 6.61 Å². The number of fused-ring (bicyclic) bond motifs is 3. The van der Waals surface area contributed by atoms with E-state index in [0.29, 0.717) is 18.6 Å². The van der Waals surface area contributed by atoms with Crippen LogP contribution in [-0.2, 0) is 7.05 Å². The average Bonchev–Trinajstić information content (AvgIpc) is 2.51. The van der Waals surface area contributed by atoms with Crippen LogP contribution in [0, 0.1) is 0 Å². The van der Waals surface area contributed by atoms with Crippen molar-refractivity contribution < 1.29 is 9.84 Å². The van der Waals surface area contributed by atoms with Crippen LogP contribution in [0.25, 0.3) is 10.9 Å². The molecule has 0 saturated carbocycles. The predicted molar refractivity (Wildman–Crippen MR) is 96.7 cm³/mol. The number of pyridine rings is 1. The molecule has 1 aromatic carbocycles. The van der Waals surface area contributed by atoms with E-state index in [1.54, 1.807) is 4.57 Å². The number of aliphatic hydroxyl groups excluding tert-OH is 1. The molecule has 128 valence electrons. The molecular weight excluding hydrogens is 302 g/mol. The van der Waals surface area contributed by atoms with E-state index in [-0.39, 0.29) is 18.1 Å². The summed E-state index contributed by atoms with van der Waals surface area (Å²) in [4.78, 5) is 13.0. The van der Waals surface area contributed by atoms with E-state index in [4.69, 9.17) is 4.74 Å². The number of allylic oxidation sites excluding steroid dienone is 2. The Hall–Kier alpha value is -2.07. The summed E-state index contributed by atoms with van der Waals surface area (Å²) >= 11 is 0. The van der Waals surface area contributed by atoms with Crippen LogP contribution in [0.15, 0.2) is 40.7 Å². The molecule has 2 unspecified atom stereocenters. The van der Waals surface area contributed by atoms with Gasteiger partial charge in [0.25, 0.3) is 5.56 Å². The van der Waals surface area contributed by atoms with Gasteiger partial charge in [-0.3, -0.25) is 4.79 Å². The van der Waals surface area contributed by atoms with Gasteiger partial charge in [-0.15, -0.1) is 0 Å². The molecule has 1 aliphatic heterocycles. The van der Waals surface area contributed by atoms with Gasteiger partial charge in [-0.25, -0.2) is 0 Å². The maximum absolute atomic E-state index is 13.0. The van der Waals surface area contributed by atoms with E-state index in [1.807, 2.05) is 52.1 Å². The highest BCUT2D eigenvalue weighted by molar-refractivity contribution is 5.87. The second-order valence-electron chi connectivity index (χ2n) is 7.20. The van der Waals surface area contributed by atoms with Crippen molar-refractivity contribution in [3.8, 4) is 5.75 Å². The third kappa shape index (κ3) is 2.75. The van der Waals surface area contributed by atoms with Gasteiger partial charge in [0.05, 0.1) is 11.1 Å². The van der Waals surface area contributed by atoms with E-state index >= 15 is 0 Å². The molecule has 3 rings (SSSR count). The van der Waals surface area contributed by atoms with Gasteiger partial charge < -0.3 is 14.4 Å². The quantitative estimate of drug-likeness (QED) is 0.878. The lowest BCUT2D eigenvalue weighted by Crippen LogP contribution is -2.41. The third-order valence-corrected chi connectivity index (χ3v) is 4.84. The summed E-state index contributed by atoms with van der Waals surface area (Å²) in [6.45, 7) is 6.18. The van der Waals surface area contributed by atoms with Gasteiger partial charge in [-0.2, -0.15) is 0 Å². The Bertz CT molecular complexity index is 861. The summed E-state index contributed by atoms with van der Waals surface area (Å²) in [6.07, 6.45) is 3.38. The van der Waals surface area contributed by atoms with Crippen molar-refractivity contribution >= 4 is 10.9 Å². The first-order valence-corrected chi connectivity index (χ1v) is 8.43. The summed E-state index contributed by atoms with van der Waals surface area (Å²) in [7, 11) is 1.81. The Morgan fingerprint density at radius 2 is 2.12 bits per heavy atom. The molecule has 1 aliphatic rings. The van der Waals surface area contributed by atoms with Crippen LogP contribution < -0.4 is 10.3 Å². The largest absolute Gasteiger partial charge is 0.486 e. The molecule has 0 spiro atoms. The summed E-state index contributed by atoms with van der Waals surface area (Å²) in [5, 5.41) is 10.4. The monoisotopic (exact) mass is 327 g/mol. The lowest BCUT2D eigenvalue weighted by atomic mass is 9.81. The van der Waals surface area contributed by atoms with E-state index in [9.17, 15) is 9.90 Å². The fourth-order valence-corrected chi connectivity index (χ4v) is 3.72. The first-order chi connectivity index (χ1) is 11.4. The molecule has 1 aromatic heterocycles. The molecule has 0 bridgehead atoms. The minimum absolute atomic E-state index is 0.00129. The Kier molecular flexibility index (Phi) is 4.26. The van der Waals surface area contributed by atoms with Crippen LogP contribution >= 0.6 is 0 Å². The van der Waals surface area contributed by atoms with Gasteiger partial charge in [0, 0.05) is 31.4 Å². The van der Waals surface area contributed by atoms with E-state index in [1.165, 1.54) is 5.57 Å². The second kappa shape index (κ2) is 6.10. The number of para-hydroxylation sites is 1. The number of aromatic nitrogens is 1. The summed E-state index contributed by atoms with van der Waals surface area (Å²) in [5.41, 5.74) is 2.29. The van der Waals surface area contributed by atoms with Crippen LogP contribution in [0.5, 0.6) is 5.75 Å². The molecule has 4 heteroatoms. The number of rotatable bonds is 3. The Morgan fingerprint density at radius 3 is 2.79 bits per heavy atom. The van der Waals surface area contributed by atoms with Crippen molar-refractivity contribution in [3.63, 3.8) is 0 Å². The number of hydrogen-bond donors (Lipinski definition) is 1. The van der Waals surface area contributed by atoms with Crippen LogP contribution in [-0.4, -0.2) is 21.9 Å². The molecule has 2 aromatic rings. The first kappa shape index (κ1) is 16.8. The maximum atomic E-state index is 13.0. The predicted octanol–water partition coefficient (Wildman–Crippen LogP) is 3.51. The van der Waals surface area contributed by atoms with E-state index in [2.05, 4.69) is 6.08 Å². The summed E-state index contributed by atoms with van der Waals surface area (Å²) in [6, 6.07) is 7.83. The molecule has 0 fully saturated rings. The summed E-state index contributed by atoms with van der Waals surface area (Å²) < 4.78 is 8.02. The number of ether oxygens (including phenoxy) is 1. The molecule has 0 radical (unpaired) electrons. The Labute approximate surface area is 142 Å². The van der Waals surface area contributed by atoms with Crippen molar-refractivity contribution in [2.45, 2.75) is 45.1 Å². The van der Waals surface area contributed by atoms with Crippen molar-refractivity contribution in [1.82, 2.24) is 4.57 Å². The van der Waals surface area contributed by atoms with Gasteiger partial charge in [-0.1, -0.05) is 23.8 Å². The van der Waals surface area contributed by atoms with Gasteiger partial charge in [0.2, 0.25) is 0 Å². The molecule has 0 saturated heterocycles. The van der Waals surface area contributed by atoms with Gasteiger partial charge >= 0.3 is 0 Å². The normalized spacial score (nSPS) is 22.8. The molecule has 4 nitrogen and oxygen atoms in total. The van der Waals surface area contributed by atoms with Gasteiger partial charge in [-0.05, 0) is 39.3 Å². The summed E-state index contributed by atoms with van der Waals surface area (Å²) in [5.74, 6) is 0.678. The zero-order valence-electron chi connectivity index (χ0n) is 14.8. The minimum Gasteiger partial charge on any atom is -0.486 e. The Morgan fingerprint density at radius 1 is 1.42 bits per heavy atom. The third-order valence-electron chi connectivity index (χ3n) is 4.84. The zero-order valence-corrected chi connectivity index (χ0v) is 14.8. The second-order valence-corrected chi connectivity index (χ2v) is 7.20. The van der Waals surface area contributed by atoms with Crippen LogP contribution in [0.2, 0.25) is 0 Å². The van der Waals surface area contributed by atoms with Crippen LogP contribution in [0.4, 0.5) is 0 Å². The highest BCUT2D eigenvalue weighted by Crippen LogP contribution is 2.44. The highest BCUT2D eigenvalue weighted by atomic mass is 16.5. The Balaban J connectivity index is 2.34. The minimum atomic E-state index is -0.479. The fourth-order valence-electron chi connectivity index (χ4n) is 3.72. The molecular formula is C20H25NO3. The molecule has 2 atom stereocenters. The lowest BCUT2D eigenvalue weighted by molar-refractivity contribution is 0.0349. The zero-order chi connectivity index (χ0) is 17.5. The van der Waals surface area contributed by atoms with Crippen LogP contribution in [0.1, 0.15) is 45.1 Å². The number of benzene rings is 1. The van der Waals surface area contributed by atoms with Gasteiger partial charge in [0.15, 0.2) is 0 Å². The molecule has 1 N–H and O–H groups in total. The smallest absolute Gasteiger partial charge is 0.258 e. The van der Waals surface area contributed by atoms with Crippen molar-refractivity contribution in [1.29, 1.82) is 0 Å². The molecule has 2 heterocycles. The molecule has 24 heavy (non-hydrogen) atoms. The van der Waals surface area contributed by atoms with Crippen molar-refractivity contribution in [2.24, 2.45) is 7.05 Å². The fraction of sp³-hybridized carbons (Fsp3) is 0.450. The first-order valence-electron chi connectivity index (χ1n) is 8.43. The molecule has 0 amide bonds. The maximum Gasteiger partial charge on any atom is 0.258 e. The van der Waals surface area contributed by atoms with E-state index in [0.717, 1.165) is 16.5 Å². The number of aliphatic hydroxyl groups is 1.